The van der Waals surface area contributed by atoms with Gasteiger partial charge >= 0.3 is 0 Å². The lowest BCUT2D eigenvalue weighted by atomic mass is 10.1. The van der Waals surface area contributed by atoms with Crippen LogP contribution in [-0.4, -0.2) is 11.9 Å². The normalized spacial score (nSPS) is 10.1. The maximum atomic E-state index is 12.0. The molecule has 0 heterocycles. The summed E-state index contributed by atoms with van der Waals surface area (Å²) in [6.45, 7) is 0. The molecule has 0 aliphatic heterocycles. The highest BCUT2D eigenvalue weighted by Gasteiger charge is 2.06. The van der Waals surface area contributed by atoms with E-state index in [-0.39, 0.29) is 12.3 Å². The zero-order valence-corrected chi connectivity index (χ0v) is 12.6. The second-order valence-electron chi connectivity index (χ2n) is 4.21. The molecule has 1 N–H and O–H groups in total. The summed E-state index contributed by atoms with van der Waals surface area (Å²) >= 11 is 2.14. The van der Waals surface area contributed by atoms with Crippen molar-refractivity contribution in [2.75, 3.05) is 5.32 Å². The van der Waals surface area contributed by atoms with Crippen molar-refractivity contribution in [3.05, 3.63) is 63.2 Å². The molecule has 2 rings (SSSR count). The molecule has 0 unspecified atom stereocenters. The van der Waals surface area contributed by atoms with Crippen LogP contribution in [0.25, 0.3) is 0 Å². The third-order valence-corrected chi connectivity index (χ3v) is 3.32. The molecular weight excluding hydrogens is 369 g/mol. The van der Waals surface area contributed by atoms with Gasteiger partial charge in [0, 0.05) is 27.2 Å². The van der Waals surface area contributed by atoms with E-state index in [0.717, 1.165) is 3.57 Å². The maximum Gasteiger partial charge on any atom is 0.255 e. The maximum absolute atomic E-state index is 12.0. The molecule has 0 saturated carbocycles. The summed E-state index contributed by atoms with van der Waals surface area (Å²) in [7, 11) is 0. The highest BCUT2D eigenvalue weighted by Crippen LogP contribution is 2.13. The Morgan fingerprint density at radius 1 is 1.10 bits per heavy atom. The van der Waals surface area contributed by atoms with Crippen molar-refractivity contribution in [1.82, 2.24) is 0 Å². The van der Waals surface area contributed by atoms with Crippen LogP contribution >= 0.6 is 22.6 Å². The molecule has 0 radical (unpaired) electrons. The lowest BCUT2D eigenvalue weighted by molar-refractivity contribution is -0.304. The van der Waals surface area contributed by atoms with E-state index in [1.807, 2.05) is 12.1 Å². The molecule has 0 aromatic heterocycles. The van der Waals surface area contributed by atoms with Gasteiger partial charge in [-0.25, -0.2) is 0 Å². The summed E-state index contributed by atoms with van der Waals surface area (Å²) < 4.78 is 0.986. The van der Waals surface area contributed by atoms with Gasteiger partial charge in [-0.05, 0) is 58.5 Å². The molecule has 102 valence electrons. The molecular formula is C15H11INO3-. The average Bonchev–Trinajstić information content (AvgIpc) is 2.40. The monoisotopic (exact) mass is 380 g/mol. The van der Waals surface area contributed by atoms with E-state index in [0.29, 0.717) is 16.8 Å². The van der Waals surface area contributed by atoms with Gasteiger partial charge in [-0.3, -0.25) is 4.79 Å². The number of benzene rings is 2. The minimum atomic E-state index is -1.12. The molecule has 20 heavy (non-hydrogen) atoms. The van der Waals surface area contributed by atoms with Crippen LogP contribution in [0.3, 0.4) is 0 Å². The Morgan fingerprint density at radius 2 is 1.80 bits per heavy atom. The summed E-state index contributed by atoms with van der Waals surface area (Å²) in [5, 5.41) is 13.2. The number of carbonyl (C=O) groups is 2. The van der Waals surface area contributed by atoms with Gasteiger partial charge in [0.1, 0.15) is 0 Å². The van der Waals surface area contributed by atoms with Gasteiger partial charge in [0.2, 0.25) is 0 Å². The Kier molecular flexibility index (Phi) is 4.73. The van der Waals surface area contributed by atoms with E-state index >= 15 is 0 Å². The predicted octanol–water partition coefficient (Wildman–Crippen LogP) is 1.84. The van der Waals surface area contributed by atoms with Crippen molar-refractivity contribution in [2.45, 2.75) is 6.42 Å². The van der Waals surface area contributed by atoms with Gasteiger partial charge in [0.15, 0.2) is 0 Å². The van der Waals surface area contributed by atoms with E-state index in [4.69, 9.17) is 0 Å². The first kappa shape index (κ1) is 14.5. The van der Waals surface area contributed by atoms with Crippen molar-refractivity contribution < 1.29 is 14.7 Å². The van der Waals surface area contributed by atoms with E-state index < -0.39 is 5.97 Å². The molecule has 0 saturated heterocycles. The number of halogens is 1. The Labute approximate surface area is 130 Å². The largest absolute Gasteiger partial charge is 0.550 e. The quantitative estimate of drug-likeness (QED) is 0.824. The predicted molar refractivity (Wildman–Crippen MR) is 82.3 cm³/mol. The number of carbonyl (C=O) groups excluding carboxylic acids is 2. The van der Waals surface area contributed by atoms with Crippen LogP contribution in [-0.2, 0) is 11.2 Å². The fourth-order valence-electron chi connectivity index (χ4n) is 1.71. The molecule has 2 aromatic rings. The highest BCUT2D eigenvalue weighted by atomic mass is 127. The fourth-order valence-corrected chi connectivity index (χ4v) is 2.25. The molecule has 4 nitrogen and oxygen atoms in total. The van der Waals surface area contributed by atoms with Crippen LogP contribution in [0, 0.1) is 3.57 Å². The molecule has 0 atom stereocenters. The zero-order chi connectivity index (χ0) is 14.5. The van der Waals surface area contributed by atoms with Crippen LogP contribution in [0.15, 0.2) is 48.5 Å². The Morgan fingerprint density at radius 3 is 2.40 bits per heavy atom. The molecule has 0 aliphatic rings. The third kappa shape index (κ3) is 4.06. The number of nitrogens with one attached hydrogen (secondary N) is 1. The molecule has 5 heteroatoms. The van der Waals surface area contributed by atoms with Gasteiger partial charge in [-0.1, -0.05) is 18.2 Å². The average molecular weight is 380 g/mol. The molecule has 0 aliphatic carbocycles. The highest BCUT2D eigenvalue weighted by molar-refractivity contribution is 14.1. The van der Waals surface area contributed by atoms with Crippen LogP contribution in [0.2, 0.25) is 0 Å². The second kappa shape index (κ2) is 6.51. The lowest BCUT2D eigenvalue weighted by Gasteiger charge is -2.07. The number of carboxylic acids is 1. The standard InChI is InChI=1S/C15H12INO3/c16-12-3-1-2-11(9-12)15(20)17-13-6-4-10(5-7-13)8-14(18)19/h1-7,9H,8H2,(H,17,20)(H,18,19)/p-1. The minimum Gasteiger partial charge on any atom is -0.550 e. The summed E-state index contributed by atoms with van der Waals surface area (Å²) in [4.78, 5) is 22.5. The summed E-state index contributed by atoms with van der Waals surface area (Å²) in [5.74, 6) is -1.32. The number of carboxylic acid groups (broad SMARTS) is 1. The first-order valence-electron chi connectivity index (χ1n) is 5.90. The fraction of sp³-hybridized carbons (Fsp3) is 0.0667. The molecule has 0 spiro atoms. The number of anilines is 1. The topological polar surface area (TPSA) is 69.2 Å². The van der Waals surface area contributed by atoms with Crippen molar-refractivity contribution in [3.63, 3.8) is 0 Å². The van der Waals surface area contributed by atoms with Crippen LogP contribution in [0.5, 0.6) is 0 Å². The van der Waals surface area contributed by atoms with E-state index in [1.165, 1.54) is 0 Å². The number of hydrogen-bond acceptors (Lipinski definition) is 3. The van der Waals surface area contributed by atoms with Crippen molar-refractivity contribution in [2.24, 2.45) is 0 Å². The second-order valence-corrected chi connectivity index (χ2v) is 5.46. The van der Waals surface area contributed by atoms with Gasteiger partial charge in [0.25, 0.3) is 5.91 Å². The summed E-state index contributed by atoms with van der Waals surface area (Å²) in [6.07, 6.45) is -0.134. The van der Waals surface area contributed by atoms with Crippen LogP contribution < -0.4 is 10.4 Å². The Balaban J connectivity index is 2.06. The van der Waals surface area contributed by atoms with Gasteiger partial charge in [-0.2, -0.15) is 0 Å². The van der Waals surface area contributed by atoms with Crippen molar-refractivity contribution in [1.29, 1.82) is 0 Å². The van der Waals surface area contributed by atoms with Crippen molar-refractivity contribution >= 4 is 40.2 Å². The number of amides is 1. The SMILES string of the molecule is O=C([O-])Cc1ccc(NC(=O)c2cccc(I)c2)cc1. The van der Waals surface area contributed by atoms with Crippen LogP contribution in [0.4, 0.5) is 5.69 Å². The third-order valence-electron chi connectivity index (χ3n) is 2.65. The van der Waals surface area contributed by atoms with E-state index in [1.54, 1.807) is 36.4 Å². The zero-order valence-electron chi connectivity index (χ0n) is 10.4. The molecule has 0 bridgehead atoms. The van der Waals surface area contributed by atoms with Gasteiger partial charge < -0.3 is 15.2 Å². The molecule has 2 aromatic carbocycles. The Bertz CT molecular complexity index is 638. The first-order valence-corrected chi connectivity index (χ1v) is 6.98. The number of aliphatic carboxylic acids is 1. The molecule has 1 amide bonds. The van der Waals surface area contributed by atoms with Gasteiger partial charge in [0.05, 0.1) is 0 Å². The van der Waals surface area contributed by atoms with E-state index in [2.05, 4.69) is 27.9 Å². The van der Waals surface area contributed by atoms with Gasteiger partial charge in [-0.15, -0.1) is 0 Å². The molecule has 0 fully saturated rings. The Hall–Kier alpha value is -1.89. The van der Waals surface area contributed by atoms with Crippen LogP contribution in [0.1, 0.15) is 15.9 Å². The van der Waals surface area contributed by atoms with E-state index in [9.17, 15) is 14.7 Å². The number of rotatable bonds is 4. The number of hydrogen-bond donors (Lipinski definition) is 1. The first-order chi connectivity index (χ1) is 9.54. The van der Waals surface area contributed by atoms with Crippen molar-refractivity contribution in [3.8, 4) is 0 Å². The summed E-state index contributed by atoms with van der Waals surface area (Å²) in [5.41, 5.74) is 1.84. The minimum absolute atomic E-state index is 0.134. The smallest absolute Gasteiger partial charge is 0.255 e. The summed E-state index contributed by atoms with van der Waals surface area (Å²) in [6, 6.07) is 13.9. The lowest BCUT2D eigenvalue weighted by Crippen LogP contribution is -2.24.